The maximum atomic E-state index is 4.55. The number of aromatic nitrogens is 2. The van der Waals surface area contributed by atoms with E-state index in [1.807, 2.05) is 0 Å². The quantitative estimate of drug-likeness (QED) is 0.672. The highest BCUT2D eigenvalue weighted by Crippen LogP contribution is 2.38. The van der Waals surface area contributed by atoms with Crippen molar-refractivity contribution in [3.8, 4) is 0 Å². The molecule has 1 aromatic rings. The molecule has 0 aromatic carbocycles. The van der Waals surface area contributed by atoms with Crippen molar-refractivity contribution < 1.29 is 0 Å². The Morgan fingerprint density at radius 1 is 1.42 bits per heavy atom. The van der Waals surface area contributed by atoms with Gasteiger partial charge in [-0.1, -0.05) is 0 Å². The van der Waals surface area contributed by atoms with Crippen LogP contribution in [-0.4, -0.2) is 9.55 Å². The van der Waals surface area contributed by atoms with E-state index in [1.165, 1.54) is 30.1 Å². The third-order valence-electron chi connectivity index (χ3n) is 2.77. The lowest BCUT2D eigenvalue weighted by molar-refractivity contribution is 0.641. The van der Waals surface area contributed by atoms with Crippen molar-refractivity contribution in [2.75, 3.05) is 0 Å². The fourth-order valence-corrected chi connectivity index (χ4v) is 2.09. The predicted molar refractivity (Wildman–Crippen MR) is 45.8 cm³/mol. The van der Waals surface area contributed by atoms with Crippen molar-refractivity contribution in [3.63, 3.8) is 0 Å². The summed E-state index contributed by atoms with van der Waals surface area (Å²) in [6, 6.07) is 0.779. The molecule has 12 heavy (non-hydrogen) atoms. The molecule has 0 unspecified atom stereocenters. The van der Waals surface area contributed by atoms with Crippen molar-refractivity contribution in [1.29, 1.82) is 0 Å². The van der Waals surface area contributed by atoms with E-state index in [0.29, 0.717) is 0 Å². The number of aryl methyl sites for hydroxylation is 1. The van der Waals surface area contributed by atoms with E-state index in [-0.39, 0.29) is 0 Å². The van der Waals surface area contributed by atoms with E-state index in [0.717, 1.165) is 19.1 Å². The summed E-state index contributed by atoms with van der Waals surface area (Å²) in [5, 5.41) is 3.33. The van der Waals surface area contributed by atoms with Crippen LogP contribution in [0.4, 0.5) is 0 Å². The minimum atomic E-state index is 0.779. The molecule has 1 aromatic heterocycles. The van der Waals surface area contributed by atoms with Crippen LogP contribution in [0, 0.1) is 6.92 Å². The molecule has 0 radical (unpaired) electrons. The van der Waals surface area contributed by atoms with Crippen LogP contribution < -0.4 is 5.32 Å². The maximum absolute atomic E-state index is 4.55. The van der Waals surface area contributed by atoms with Crippen molar-refractivity contribution in [1.82, 2.24) is 14.9 Å². The van der Waals surface area contributed by atoms with E-state index in [9.17, 15) is 0 Å². The van der Waals surface area contributed by atoms with Gasteiger partial charge in [0.15, 0.2) is 0 Å². The lowest BCUT2D eigenvalue weighted by Gasteiger charge is -2.05. The van der Waals surface area contributed by atoms with Crippen LogP contribution in [0.15, 0.2) is 0 Å². The van der Waals surface area contributed by atoms with Crippen LogP contribution in [-0.2, 0) is 13.1 Å². The molecule has 0 atom stereocenters. The van der Waals surface area contributed by atoms with Crippen LogP contribution in [0.5, 0.6) is 0 Å². The molecule has 0 spiro atoms. The summed E-state index contributed by atoms with van der Waals surface area (Å²) in [4.78, 5) is 4.55. The average molecular weight is 163 g/mol. The first kappa shape index (κ1) is 6.66. The lowest BCUT2D eigenvalue weighted by atomic mass is 10.4. The van der Waals surface area contributed by atoms with Crippen LogP contribution in [0.1, 0.15) is 36.1 Å². The third kappa shape index (κ3) is 0.771. The second-order valence-corrected chi connectivity index (χ2v) is 3.76. The van der Waals surface area contributed by atoms with Crippen molar-refractivity contribution >= 4 is 0 Å². The highest BCUT2D eigenvalue weighted by molar-refractivity contribution is 5.22. The number of rotatable bonds is 1. The summed E-state index contributed by atoms with van der Waals surface area (Å²) < 4.78 is 2.43. The molecule has 0 amide bonds. The Hall–Kier alpha value is -0.830. The van der Waals surface area contributed by atoms with E-state index >= 15 is 0 Å². The second kappa shape index (κ2) is 2.10. The van der Waals surface area contributed by atoms with Crippen molar-refractivity contribution in [2.45, 2.75) is 38.9 Å². The molecule has 64 valence electrons. The molecule has 1 aliphatic carbocycles. The first-order valence-electron chi connectivity index (χ1n) is 4.63. The molecule has 3 nitrogen and oxygen atoms in total. The van der Waals surface area contributed by atoms with Gasteiger partial charge in [-0.3, -0.25) is 0 Å². The molecule has 1 aliphatic heterocycles. The van der Waals surface area contributed by atoms with Gasteiger partial charge in [-0.15, -0.1) is 0 Å². The third-order valence-corrected chi connectivity index (χ3v) is 2.77. The molecule has 1 saturated carbocycles. The number of hydrogen-bond donors (Lipinski definition) is 1. The number of nitrogens with one attached hydrogen (secondary N) is 1. The Morgan fingerprint density at radius 3 is 3.00 bits per heavy atom. The summed E-state index contributed by atoms with van der Waals surface area (Å²) in [5.41, 5.74) is 2.72. The van der Waals surface area contributed by atoms with Gasteiger partial charge in [0.25, 0.3) is 0 Å². The molecular formula is C9H13N3. The smallest absolute Gasteiger partial charge is 0.106 e. The summed E-state index contributed by atoms with van der Waals surface area (Å²) in [6.45, 7) is 4.11. The molecular weight excluding hydrogens is 150 g/mol. The molecule has 2 heterocycles. The number of nitrogens with zero attached hydrogens (tertiary/aromatic N) is 2. The van der Waals surface area contributed by atoms with E-state index in [1.54, 1.807) is 0 Å². The van der Waals surface area contributed by atoms with Gasteiger partial charge in [0.2, 0.25) is 0 Å². The highest BCUT2D eigenvalue weighted by Gasteiger charge is 2.30. The zero-order valence-electron chi connectivity index (χ0n) is 7.30. The number of hydrogen-bond acceptors (Lipinski definition) is 2. The standard InChI is InChI=1S/C9H13N3/c1-6-11-8-4-10-5-9(8)12(6)7-2-3-7/h7,10H,2-5H2,1H3. The molecule has 3 rings (SSSR count). The number of fused-ring (bicyclic) bond motifs is 1. The van der Waals surface area contributed by atoms with Gasteiger partial charge in [-0.2, -0.15) is 0 Å². The van der Waals surface area contributed by atoms with Gasteiger partial charge in [-0.05, 0) is 19.8 Å². The van der Waals surface area contributed by atoms with Crippen LogP contribution in [0.3, 0.4) is 0 Å². The molecule has 3 heteroatoms. The van der Waals surface area contributed by atoms with Crippen molar-refractivity contribution in [3.05, 3.63) is 17.2 Å². The fourth-order valence-electron chi connectivity index (χ4n) is 2.09. The summed E-state index contributed by atoms with van der Waals surface area (Å²) >= 11 is 0. The average Bonchev–Trinajstić information content (AvgIpc) is 2.66. The monoisotopic (exact) mass is 163 g/mol. The van der Waals surface area contributed by atoms with Crippen LogP contribution in [0.25, 0.3) is 0 Å². The highest BCUT2D eigenvalue weighted by atomic mass is 15.2. The minimum absolute atomic E-state index is 0.779. The summed E-state index contributed by atoms with van der Waals surface area (Å²) in [5.74, 6) is 1.21. The minimum Gasteiger partial charge on any atom is -0.328 e. The topological polar surface area (TPSA) is 29.9 Å². The van der Waals surface area contributed by atoms with Gasteiger partial charge in [-0.25, -0.2) is 4.98 Å². The predicted octanol–water partition coefficient (Wildman–Crippen LogP) is 1.13. The second-order valence-electron chi connectivity index (χ2n) is 3.76. The molecule has 1 N–H and O–H groups in total. The van der Waals surface area contributed by atoms with Crippen LogP contribution >= 0.6 is 0 Å². The Balaban J connectivity index is 2.14. The molecule has 0 bridgehead atoms. The Morgan fingerprint density at radius 2 is 2.25 bits per heavy atom. The Kier molecular flexibility index (Phi) is 1.17. The number of imidazole rings is 1. The normalized spacial score (nSPS) is 21.4. The molecule has 1 fully saturated rings. The molecule has 0 saturated heterocycles. The first-order chi connectivity index (χ1) is 5.86. The maximum Gasteiger partial charge on any atom is 0.106 e. The van der Waals surface area contributed by atoms with Gasteiger partial charge in [0, 0.05) is 19.1 Å². The fraction of sp³-hybridized carbons (Fsp3) is 0.667. The van der Waals surface area contributed by atoms with E-state index in [2.05, 4.69) is 21.8 Å². The van der Waals surface area contributed by atoms with Crippen molar-refractivity contribution in [2.24, 2.45) is 0 Å². The first-order valence-corrected chi connectivity index (χ1v) is 4.63. The lowest BCUT2D eigenvalue weighted by Crippen LogP contribution is -2.08. The van der Waals surface area contributed by atoms with Gasteiger partial charge in [0.1, 0.15) is 5.82 Å². The van der Waals surface area contributed by atoms with Gasteiger partial charge < -0.3 is 9.88 Å². The molecule has 2 aliphatic rings. The zero-order valence-corrected chi connectivity index (χ0v) is 7.30. The summed E-state index contributed by atoms with van der Waals surface area (Å²) in [6.07, 6.45) is 2.70. The SMILES string of the molecule is Cc1nc2c(n1C1CC1)CNC2. The summed E-state index contributed by atoms with van der Waals surface area (Å²) in [7, 11) is 0. The Bertz CT molecular complexity index is 323. The Labute approximate surface area is 71.8 Å². The van der Waals surface area contributed by atoms with E-state index < -0.39 is 0 Å². The van der Waals surface area contributed by atoms with Crippen LogP contribution in [0.2, 0.25) is 0 Å². The largest absolute Gasteiger partial charge is 0.328 e. The van der Waals surface area contributed by atoms with Gasteiger partial charge >= 0.3 is 0 Å². The van der Waals surface area contributed by atoms with E-state index in [4.69, 9.17) is 0 Å². The zero-order chi connectivity index (χ0) is 8.13. The van der Waals surface area contributed by atoms with Gasteiger partial charge in [0.05, 0.1) is 11.4 Å².